The average molecular weight is 328 g/mol. The molecule has 118 valence electrons. The average Bonchev–Trinajstić information content (AvgIpc) is 2.37. The number of fused-ring (bicyclic) bond motifs is 1. The van der Waals surface area contributed by atoms with Crippen molar-refractivity contribution in [2.45, 2.75) is 63.8 Å². The summed E-state index contributed by atoms with van der Waals surface area (Å²) in [6.45, 7) is 11.4. The van der Waals surface area contributed by atoms with Crippen molar-refractivity contribution in [2.75, 3.05) is 6.61 Å². The van der Waals surface area contributed by atoms with E-state index in [4.69, 9.17) is 16.0 Å². The van der Waals surface area contributed by atoms with Crippen molar-refractivity contribution in [2.24, 2.45) is 0 Å². The molecular formula is C16H26ClNO2Si. The van der Waals surface area contributed by atoms with Crippen molar-refractivity contribution in [1.82, 2.24) is 4.98 Å². The van der Waals surface area contributed by atoms with E-state index in [0.29, 0.717) is 5.15 Å². The van der Waals surface area contributed by atoms with E-state index in [1.807, 2.05) is 6.07 Å². The fourth-order valence-electron chi connectivity index (χ4n) is 2.63. The summed E-state index contributed by atoms with van der Waals surface area (Å²) >= 11 is 6.34. The highest BCUT2D eigenvalue weighted by Gasteiger charge is 2.41. The van der Waals surface area contributed by atoms with E-state index in [1.54, 1.807) is 6.20 Å². The Morgan fingerprint density at radius 1 is 1.38 bits per heavy atom. The van der Waals surface area contributed by atoms with Crippen LogP contribution in [0.4, 0.5) is 0 Å². The molecule has 2 atom stereocenters. The van der Waals surface area contributed by atoms with Gasteiger partial charge < -0.3 is 9.53 Å². The standard InChI is InChI=1S/C16H26ClNO2Si/c1-16(2,3)21(4,5)20-13-7-6-11(10-19)12-8-9-18-15(17)14(12)13/h8-9,11,13,19H,6-7,10H2,1-5H3/t11-,13?/m1/s1. The van der Waals surface area contributed by atoms with Gasteiger partial charge in [0.1, 0.15) is 5.15 Å². The van der Waals surface area contributed by atoms with Crippen molar-refractivity contribution in [3.05, 3.63) is 28.5 Å². The maximum absolute atomic E-state index is 9.58. The number of rotatable bonds is 3. The normalized spacial score (nSPS) is 23.0. The Morgan fingerprint density at radius 3 is 2.62 bits per heavy atom. The lowest BCUT2D eigenvalue weighted by atomic mass is 9.83. The molecule has 1 aliphatic rings. The largest absolute Gasteiger partial charge is 0.410 e. The first-order valence-corrected chi connectivity index (χ1v) is 10.9. The summed E-state index contributed by atoms with van der Waals surface area (Å²) in [4.78, 5) is 4.22. The van der Waals surface area contributed by atoms with Gasteiger partial charge in [-0.1, -0.05) is 32.4 Å². The van der Waals surface area contributed by atoms with E-state index in [9.17, 15) is 5.11 Å². The first kappa shape index (κ1) is 16.9. The lowest BCUT2D eigenvalue weighted by Crippen LogP contribution is -2.42. The third kappa shape index (κ3) is 3.34. The van der Waals surface area contributed by atoms with Crippen LogP contribution in [0.1, 0.15) is 56.8 Å². The highest BCUT2D eigenvalue weighted by Crippen LogP contribution is 2.46. The third-order valence-electron chi connectivity index (χ3n) is 4.98. The van der Waals surface area contributed by atoms with Gasteiger partial charge in [0, 0.05) is 24.3 Å². The van der Waals surface area contributed by atoms with Crippen molar-refractivity contribution in [1.29, 1.82) is 0 Å². The molecule has 0 saturated carbocycles. The zero-order chi connectivity index (χ0) is 15.8. The second kappa shape index (κ2) is 5.99. The number of nitrogens with zero attached hydrogens (tertiary/aromatic N) is 1. The first-order valence-electron chi connectivity index (χ1n) is 7.60. The SMILES string of the molecule is CC(C)(C)[Si](C)(C)OC1CC[C@H](CO)c2ccnc(Cl)c21. The van der Waals surface area contributed by atoms with Gasteiger partial charge in [0.15, 0.2) is 8.32 Å². The molecule has 0 aromatic carbocycles. The summed E-state index contributed by atoms with van der Waals surface area (Å²) in [6.07, 6.45) is 3.56. The summed E-state index contributed by atoms with van der Waals surface area (Å²) < 4.78 is 6.58. The molecule has 0 bridgehead atoms. The Morgan fingerprint density at radius 2 is 2.05 bits per heavy atom. The predicted octanol–water partition coefficient (Wildman–Crippen LogP) is 4.67. The number of hydrogen-bond acceptors (Lipinski definition) is 3. The highest BCUT2D eigenvalue weighted by molar-refractivity contribution is 6.74. The second-order valence-electron chi connectivity index (χ2n) is 7.43. The predicted molar refractivity (Wildman–Crippen MR) is 89.3 cm³/mol. The van der Waals surface area contributed by atoms with Crippen molar-refractivity contribution >= 4 is 19.9 Å². The van der Waals surface area contributed by atoms with Crippen molar-refractivity contribution in [3.63, 3.8) is 0 Å². The van der Waals surface area contributed by atoms with Crippen LogP contribution in [0.15, 0.2) is 12.3 Å². The fraction of sp³-hybridized carbons (Fsp3) is 0.688. The molecule has 3 nitrogen and oxygen atoms in total. The summed E-state index contributed by atoms with van der Waals surface area (Å²) in [5.41, 5.74) is 2.10. The van der Waals surface area contributed by atoms with Crippen molar-refractivity contribution < 1.29 is 9.53 Å². The Bertz CT molecular complexity index is 513. The number of aromatic nitrogens is 1. The Labute approximate surface area is 133 Å². The summed E-state index contributed by atoms with van der Waals surface area (Å²) in [5.74, 6) is 0.153. The van der Waals surface area contributed by atoms with E-state index < -0.39 is 8.32 Å². The maximum atomic E-state index is 9.58. The minimum absolute atomic E-state index is 0.00453. The van der Waals surface area contributed by atoms with Crippen LogP contribution in [0.5, 0.6) is 0 Å². The van der Waals surface area contributed by atoms with Gasteiger partial charge in [-0.05, 0) is 42.6 Å². The molecule has 0 fully saturated rings. The topological polar surface area (TPSA) is 42.4 Å². The molecule has 21 heavy (non-hydrogen) atoms. The Balaban J connectivity index is 2.36. The van der Waals surface area contributed by atoms with Crippen LogP contribution < -0.4 is 0 Å². The van der Waals surface area contributed by atoms with E-state index in [1.165, 1.54) is 0 Å². The molecule has 0 aliphatic heterocycles. The molecule has 1 N–H and O–H groups in total. The number of pyridine rings is 1. The van der Waals surface area contributed by atoms with E-state index in [-0.39, 0.29) is 23.7 Å². The first-order chi connectivity index (χ1) is 9.67. The second-order valence-corrected chi connectivity index (χ2v) is 12.5. The zero-order valence-corrected chi connectivity index (χ0v) is 15.4. The van der Waals surface area contributed by atoms with E-state index >= 15 is 0 Å². The molecule has 1 aromatic rings. The number of aliphatic hydroxyl groups is 1. The van der Waals surface area contributed by atoms with E-state index in [2.05, 4.69) is 38.8 Å². The highest BCUT2D eigenvalue weighted by atomic mass is 35.5. The molecule has 0 amide bonds. The monoisotopic (exact) mass is 327 g/mol. The van der Waals surface area contributed by atoms with Gasteiger partial charge in [-0.15, -0.1) is 0 Å². The van der Waals surface area contributed by atoms with Gasteiger partial charge >= 0.3 is 0 Å². The van der Waals surface area contributed by atoms with Crippen LogP contribution in [0, 0.1) is 0 Å². The Hall–Kier alpha value is -0.423. The molecule has 1 aromatic heterocycles. The zero-order valence-electron chi connectivity index (χ0n) is 13.6. The van der Waals surface area contributed by atoms with Gasteiger partial charge in [-0.25, -0.2) is 4.98 Å². The van der Waals surface area contributed by atoms with E-state index in [0.717, 1.165) is 24.0 Å². The summed E-state index contributed by atoms with van der Waals surface area (Å²) in [7, 11) is -1.86. The van der Waals surface area contributed by atoms with Gasteiger partial charge in [0.2, 0.25) is 0 Å². The fourth-order valence-corrected chi connectivity index (χ4v) is 4.22. The quantitative estimate of drug-likeness (QED) is 0.648. The van der Waals surface area contributed by atoms with Crippen LogP contribution in [-0.2, 0) is 4.43 Å². The number of hydrogen-bond donors (Lipinski definition) is 1. The van der Waals surface area contributed by atoms with Crippen LogP contribution in [0.2, 0.25) is 23.3 Å². The number of halogens is 1. The minimum Gasteiger partial charge on any atom is -0.410 e. The van der Waals surface area contributed by atoms with Crippen molar-refractivity contribution in [3.8, 4) is 0 Å². The summed E-state index contributed by atoms with van der Waals surface area (Å²) in [6, 6.07) is 1.98. The van der Waals surface area contributed by atoms with Crippen LogP contribution in [-0.4, -0.2) is 25.0 Å². The smallest absolute Gasteiger partial charge is 0.192 e. The summed E-state index contributed by atoms with van der Waals surface area (Å²) in [5, 5.41) is 10.3. The van der Waals surface area contributed by atoms with Crippen LogP contribution in [0.3, 0.4) is 0 Å². The molecule has 1 unspecified atom stereocenters. The molecular weight excluding hydrogens is 302 g/mol. The molecule has 1 heterocycles. The van der Waals surface area contributed by atoms with Gasteiger partial charge in [-0.3, -0.25) is 0 Å². The van der Waals surface area contributed by atoms with Crippen LogP contribution >= 0.6 is 11.6 Å². The molecule has 0 saturated heterocycles. The van der Waals surface area contributed by atoms with Gasteiger partial charge in [-0.2, -0.15) is 0 Å². The van der Waals surface area contributed by atoms with Crippen LogP contribution in [0.25, 0.3) is 0 Å². The Kier molecular flexibility index (Phi) is 4.83. The molecule has 1 aliphatic carbocycles. The maximum Gasteiger partial charge on any atom is 0.192 e. The molecule has 0 spiro atoms. The lowest BCUT2D eigenvalue weighted by molar-refractivity contribution is 0.145. The molecule has 5 heteroatoms. The number of aliphatic hydroxyl groups excluding tert-OH is 1. The molecule has 0 radical (unpaired) electrons. The van der Waals surface area contributed by atoms with Gasteiger partial charge in [0.05, 0.1) is 6.10 Å². The molecule has 2 rings (SSSR count). The lowest BCUT2D eigenvalue weighted by Gasteiger charge is -2.42. The third-order valence-corrected chi connectivity index (χ3v) is 9.77. The minimum atomic E-state index is -1.86. The van der Waals surface area contributed by atoms with Gasteiger partial charge in [0.25, 0.3) is 0 Å².